The lowest BCUT2D eigenvalue weighted by molar-refractivity contribution is -0.120. The highest BCUT2D eigenvalue weighted by Crippen LogP contribution is 2.45. The van der Waals surface area contributed by atoms with Crippen molar-refractivity contribution in [2.75, 3.05) is 4.90 Å². The molecule has 5 heteroatoms. The van der Waals surface area contributed by atoms with E-state index in [4.69, 9.17) is 0 Å². The van der Waals surface area contributed by atoms with Crippen molar-refractivity contribution < 1.29 is 4.79 Å². The highest BCUT2D eigenvalue weighted by molar-refractivity contribution is 7.84. The second kappa shape index (κ2) is 6.94. The number of hydrogen-bond acceptors (Lipinski definition) is 4. The Kier molecular flexibility index (Phi) is 4.61. The van der Waals surface area contributed by atoms with Crippen LogP contribution in [-0.4, -0.2) is 11.6 Å². The summed E-state index contributed by atoms with van der Waals surface area (Å²) in [5, 5.41) is 15.4. The van der Waals surface area contributed by atoms with Gasteiger partial charge in [-0.1, -0.05) is 49.7 Å². The minimum absolute atomic E-state index is 0.0782. The number of carbonyl (C=O) groups excluding carboxylic acids is 1. The predicted octanol–water partition coefficient (Wildman–Crippen LogP) is 4.74. The van der Waals surface area contributed by atoms with E-state index in [0.717, 1.165) is 48.6 Å². The van der Waals surface area contributed by atoms with E-state index in [0.29, 0.717) is 10.9 Å². The van der Waals surface area contributed by atoms with Gasteiger partial charge in [-0.2, -0.15) is 5.26 Å². The molecule has 4 nitrogen and oxygen atoms in total. The average molecular weight is 378 g/mol. The summed E-state index contributed by atoms with van der Waals surface area (Å²) >= 11 is 4.68. The van der Waals surface area contributed by atoms with Crippen LogP contribution >= 0.6 is 12.6 Å². The first kappa shape index (κ1) is 17.9. The second-order valence-electron chi connectivity index (χ2n) is 7.48. The van der Waals surface area contributed by atoms with Crippen LogP contribution < -0.4 is 10.2 Å². The Balaban J connectivity index is 1.91. The highest BCUT2D eigenvalue weighted by Gasteiger charge is 2.47. The first-order chi connectivity index (χ1) is 13.1. The smallest absolute Gasteiger partial charge is 0.266 e. The van der Waals surface area contributed by atoms with Gasteiger partial charge in [0.2, 0.25) is 0 Å². The van der Waals surface area contributed by atoms with Gasteiger partial charge < -0.3 is 10.2 Å². The number of carbonyl (C=O) groups is 1. The van der Waals surface area contributed by atoms with Crippen LogP contribution in [0.1, 0.15) is 39.0 Å². The Morgan fingerprint density at radius 1 is 1.22 bits per heavy atom. The number of nitrogens with zero attached hydrogens (tertiary/aromatic N) is 2. The highest BCUT2D eigenvalue weighted by atomic mass is 32.1. The maximum absolute atomic E-state index is 12.6. The maximum atomic E-state index is 12.6. The Hall–Kier alpha value is -2.45. The molecule has 1 fully saturated rings. The third-order valence-corrected chi connectivity index (χ3v) is 6.49. The molecule has 2 aliphatic rings. The largest absolute Gasteiger partial charge is 0.328 e. The van der Waals surface area contributed by atoms with Crippen LogP contribution in [0.2, 0.25) is 0 Å². The molecule has 1 spiro atoms. The molecule has 0 bridgehead atoms. The number of thiol groups is 1. The lowest BCUT2D eigenvalue weighted by Gasteiger charge is -2.51. The molecule has 0 atom stereocenters. The zero-order valence-electron chi connectivity index (χ0n) is 15.4. The van der Waals surface area contributed by atoms with Gasteiger partial charge in [0.05, 0.1) is 10.7 Å². The number of nitriles is 1. The molecule has 0 aromatic heterocycles. The number of nitrogens with one attached hydrogen (secondary N) is 1. The fourth-order valence-corrected chi connectivity index (χ4v) is 4.96. The third-order valence-electron chi connectivity index (χ3n) is 6.07. The van der Waals surface area contributed by atoms with Crippen molar-refractivity contribution in [3.05, 3.63) is 53.1 Å². The molecule has 1 N–H and O–H groups in total. The summed E-state index contributed by atoms with van der Waals surface area (Å²) in [6.45, 7) is 2.22. The van der Waals surface area contributed by atoms with Gasteiger partial charge in [0.1, 0.15) is 17.3 Å². The van der Waals surface area contributed by atoms with Gasteiger partial charge in [0.25, 0.3) is 5.91 Å². The molecule has 1 aliphatic heterocycles. The lowest BCUT2D eigenvalue weighted by Crippen LogP contribution is -2.64. The molecule has 0 radical (unpaired) electrons. The SMILES string of the molecule is CCC1CCC2(CC1)NC(=O)C(C#N)=C(S)N2c1cccc2ccccc12. The summed E-state index contributed by atoms with van der Waals surface area (Å²) < 4.78 is 0. The van der Waals surface area contributed by atoms with Gasteiger partial charge in [0, 0.05) is 5.39 Å². The zero-order chi connectivity index (χ0) is 19.0. The van der Waals surface area contributed by atoms with Crippen molar-refractivity contribution in [1.29, 1.82) is 5.26 Å². The van der Waals surface area contributed by atoms with Crippen molar-refractivity contribution in [3.63, 3.8) is 0 Å². The normalized spacial score (nSPS) is 25.6. The second-order valence-corrected chi connectivity index (χ2v) is 7.91. The Morgan fingerprint density at radius 2 is 1.93 bits per heavy atom. The fraction of sp³-hybridized carbons (Fsp3) is 0.364. The maximum Gasteiger partial charge on any atom is 0.266 e. The molecular formula is C22H23N3OS. The zero-order valence-corrected chi connectivity index (χ0v) is 16.3. The van der Waals surface area contributed by atoms with Gasteiger partial charge in [0.15, 0.2) is 0 Å². The van der Waals surface area contributed by atoms with E-state index in [1.807, 2.05) is 24.3 Å². The Bertz CT molecular complexity index is 962. The number of rotatable bonds is 2. The molecule has 1 amide bonds. The van der Waals surface area contributed by atoms with Crippen molar-refractivity contribution >= 4 is 35.0 Å². The number of hydrogen-bond donors (Lipinski definition) is 2. The average Bonchev–Trinajstić information content (AvgIpc) is 2.69. The van der Waals surface area contributed by atoms with Crippen molar-refractivity contribution in [1.82, 2.24) is 5.32 Å². The summed E-state index contributed by atoms with van der Waals surface area (Å²) in [6.07, 6.45) is 4.97. The predicted molar refractivity (Wildman–Crippen MR) is 111 cm³/mol. The van der Waals surface area contributed by atoms with E-state index in [9.17, 15) is 10.1 Å². The van der Waals surface area contributed by atoms with Crippen LogP contribution in [0.15, 0.2) is 53.1 Å². The molecule has 2 aromatic carbocycles. The van der Waals surface area contributed by atoms with E-state index in [1.54, 1.807) is 0 Å². The standard InChI is InChI=1S/C22H23N3OS/c1-2-15-10-12-22(13-11-15)24-20(26)18(14-23)21(27)25(22)19-9-5-7-16-6-3-4-8-17(16)19/h3-9,15,27H,2,10-13H2,1H3,(H,24,26). The minimum Gasteiger partial charge on any atom is -0.328 e. The Morgan fingerprint density at radius 3 is 2.63 bits per heavy atom. The lowest BCUT2D eigenvalue weighted by atomic mass is 9.78. The van der Waals surface area contributed by atoms with Gasteiger partial charge in [-0.3, -0.25) is 4.79 Å². The summed E-state index contributed by atoms with van der Waals surface area (Å²) in [5.41, 5.74) is 0.542. The van der Waals surface area contributed by atoms with Gasteiger partial charge in [-0.15, -0.1) is 12.6 Å². The van der Waals surface area contributed by atoms with Crippen LogP contribution in [0.4, 0.5) is 5.69 Å². The molecule has 138 valence electrons. The molecule has 4 rings (SSSR count). The molecule has 0 unspecified atom stereocenters. The molecule has 0 saturated heterocycles. The summed E-state index contributed by atoms with van der Waals surface area (Å²) in [7, 11) is 0. The van der Waals surface area contributed by atoms with Crippen LogP contribution in [0.5, 0.6) is 0 Å². The van der Waals surface area contributed by atoms with Gasteiger partial charge in [-0.05, 0) is 43.1 Å². The number of anilines is 1. The number of fused-ring (bicyclic) bond motifs is 1. The molecule has 1 saturated carbocycles. The molecule has 2 aromatic rings. The monoisotopic (exact) mass is 377 g/mol. The molecular weight excluding hydrogens is 354 g/mol. The van der Waals surface area contributed by atoms with E-state index in [1.165, 1.54) is 0 Å². The van der Waals surface area contributed by atoms with E-state index >= 15 is 0 Å². The van der Waals surface area contributed by atoms with E-state index in [-0.39, 0.29) is 11.5 Å². The molecule has 1 heterocycles. The summed E-state index contributed by atoms with van der Waals surface area (Å²) in [6, 6.07) is 16.4. The number of amides is 1. The molecule has 1 aliphatic carbocycles. The van der Waals surface area contributed by atoms with Crippen molar-refractivity contribution in [2.24, 2.45) is 5.92 Å². The van der Waals surface area contributed by atoms with Gasteiger partial charge >= 0.3 is 0 Å². The first-order valence-corrected chi connectivity index (χ1v) is 9.98. The van der Waals surface area contributed by atoms with Crippen molar-refractivity contribution in [3.8, 4) is 6.07 Å². The summed E-state index contributed by atoms with van der Waals surface area (Å²) in [5.74, 6) is 0.376. The van der Waals surface area contributed by atoms with Crippen LogP contribution in [-0.2, 0) is 4.79 Å². The summed E-state index contributed by atoms with van der Waals surface area (Å²) in [4.78, 5) is 14.7. The minimum atomic E-state index is -0.524. The van der Waals surface area contributed by atoms with E-state index < -0.39 is 5.66 Å². The van der Waals surface area contributed by atoms with Gasteiger partial charge in [-0.25, -0.2) is 0 Å². The fourth-order valence-electron chi connectivity index (χ4n) is 4.51. The molecule has 27 heavy (non-hydrogen) atoms. The quantitative estimate of drug-likeness (QED) is 0.744. The van der Waals surface area contributed by atoms with Crippen LogP contribution in [0.3, 0.4) is 0 Å². The van der Waals surface area contributed by atoms with Crippen molar-refractivity contribution in [2.45, 2.75) is 44.7 Å². The third kappa shape index (κ3) is 2.89. The number of benzene rings is 2. The topological polar surface area (TPSA) is 56.1 Å². The Labute approximate surface area is 165 Å². The van der Waals surface area contributed by atoms with Crippen LogP contribution in [0.25, 0.3) is 10.8 Å². The van der Waals surface area contributed by atoms with E-state index in [2.05, 4.69) is 54.0 Å². The van der Waals surface area contributed by atoms with Crippen LogP contribution in [0, 0.1) is 17.2 Å². The first-order valence-electron chi connectivity index (χ1n) is 9.53.